The number of carbonyl (C=O) groups is 1. The zero-order valence-corrected chi connectivity index (χ0v) is 16.8. The van der Waals surface area contributed by atoms with Crippen LogP contribution < -0.4 is 16.0 Å². The Bertz CT molecular complexity index is 386. The van der Waals surface area contributed by atoms with Crippen LogP contribution in [0.15, 0.2) is 4.99 Å². The van der Waals surface area contributed by atoms with Crippen molar-refractivity contribution >= 4 is 35.8 Å². The maximum Gasteiger partial charge on any atom is 0.242 e. The van der Waals surface area contributed by atoms with E-state index >= 15 is 0 Å². The third-order valence-corrected chi connectivity index (χ3v) is 3.75. The Kier molecular flexibility index (Phi) is 11.4. The minimum atomic E-state index is -0.00963. The summed E-state index contributed by atoms with van der Waals surface area (Å²) < 4.78 is 11.1. The summed E-state index contributed by atoms with van der Waals surface area (Å²) >= 11 is 0. The topological polar surface area (TPSA) is 84.0 Å². The lowest BCUT2D eigenvalue weighted by atomic mass is 10.2. The monoisotopic (exact) mass is 454 g/mol. The van der Waals surface area contributed by atoms with Crippen LogP contribution in [-0.2, 0) is 14.3 Å². The fourth-order valence-corrected chi connectivity index (χ4v) is 2.37. The summed E-state index contributed by atoms with van der Waals surface area (Å²) in [6.45, 7) is 5.97. The van der Waals surface area contributed by atoms with E-state index in [9.17, 15) is 4.79 Å². The lowest BCUT2D eigenvalue weighted by Gasteiger charge is -2.12. The zero-order chi connectivity index (χ0) is 16.3. The minimum Gasteiger partial charge on any atom is -0.379 e. The molecule has 1 saturated carbocycles. The van der Waals surface area contributed by atoms with E-state index in [0.29, 0.717) is 25.2 Å². The molecule has 0 aromatic heterocycles. The van der Waals surface area contributed by atoms with Gasteiger partial charge in [0.25, 0.3) is 0 Å². The normalized spacial score (nSPS) is 20.4. The smallest absolute Gasteiger partial charge is 0.242 e. The van der Waals surface area contributed by atoms with Gasteiger partial charge in [0.2, 0.25) is 5.91 Å². The molecule has 0 radical (unpaired) electrons. The van der Waals surface area contributed by atoms with Gasteiger partial charge in [0.15, 0.2) is 5.96 Å². The Hall–Kier alpha value is -0.610. The second-order valence-electron chi connectivity index (χ2n) is 6.03. The SMILES string of the molecule is CCNC(=NCC(=O)NC1CC1)NCCCOCC1CCCO1.I. The van der Waals surface area contributed by atoms with E-state index in [1.165, 1.54) is 0 Å². The molecular formula is C16H31IN4O3. The van der Waals surface area contributed by atoms with E-state index in [0.717, 1.165) is 51.8 Å². The van der Waals surface area contributed by atoms with Crippen LogP contribution in [0.1, 0.15) is 39.0 Å². The summed E-state index contributed by atoms with van der Waals surface area (Å²) in [5.41, 5.74) is 0. The van der Waals surface area contributed by atoms with Crippen molar-refractivity contribution in [1.82, 2.24) is 16.0 Å². The number of rotatable bonds is 10. The molecule has 0 aromatic rings. The third kappa shape index (κ3) is 9.63. The van der Waals surface area contributed by atoms with Crippen LogP contribution >= 0.6 is 24.0 Å². The van der Waals surface area contributed by atoms with Gasteiger partial charge in [-0.2, -0.15) is 0 Å². The molecule has 1 unspecified atom stereocenters. The standard InChI is InChI=1S/C16H30N4O3.HI/c1-2-17-16(19-11-15(21)20-13-6-7-13)18-8-4-9-22-12-14-5-3-10-23-14;/h13-14H,2-12H2,1H3,(H,20,21)(H2,17,18,19);1H. The Morgan fingerprint density at radius 1 is 1.29 bits per heavy atom. The molecule has 0 aromatic carbocycles. The van der Waals surface area contributed by atoms with Gasteiger partial charge in [-0.1, -0.05) is 0 Å². The molecule has 2 rings (SSSR count). The molecule has 2 aliphatic rings. The highest BCUT2D eigenvalue weighted by atomic mass is 127. The molecule has 7 nitrogen and oxygen atoms in total. The van der Waals surface area contributed by atoms with E-state index in [4.69, 9.17) is 9.47 Å². The first-order valence-electron chi connectivity index (χ1n) is 8.79. The first kappa shape index (κ1) is 21.4. The van der Waals surface area contributed by atoms with Crippen LogP contribution in [0.4, 0.5) is 0 Å². The molecule has 8 heteroatoms. The molecule has 1 heterocycles. The van der Waals surface area contributed by atoms with E-state index < -0.39 is 0 Å². The van der Waals surface area contributed by atoms with E-state index in [-0.39, 0.29) is 42.5 Å². The van der Waals surface area contributed by atoms with Crippen molar-refractivity contribution in [2.45, 2.75) is 51.2 Å². The second-order valence-corrected chi connectivity index (χ2v) is 6.03. The highest BCUT2D eigenvalue weighted by Crippen LogP contribution is 2.18. The molecule has 24 heavy (non-hydrogen) atoms. The highest BCUT2D eigenvalue weighted by molar-refractivity contribution is 14.0. The van der Waals surface area contributed by atoms with E-state index in [1.54, 1.807) is 0 Å². The molecule has 140 valence electrons. The van der Waals surface area contributed by atoms with Gasteiger partial charge in [-0.3, -0.25) is 4.79 Å². The van der Waals surface area contributed by atoms with Crippen molar-refractivity contribution in [1.29, 1.82) is 0 Å². The van der Waals surface area contributed by atoms with Gasteiger partial charge in [0, 0.05) is 32.3 Å². The summed E-state index contributed by atoms with van der Waals surface area (Å²) in [4.78, 5) is 15.9. The van der Waals surface area contributed by atoms with Crippen LogP contribution in [0.2, 0.25) is 0 Å². The van der Waals surface area contributed by atoms with Gasteiger partial charge >= 0.3 is 0 Å². The lowest BCUT2D eigenvalue weighted by Crippen LogP contribution is -2.39. The summed E-state index contributed by atoms with van der Waals surface area (Å²) in [7, 11) is 0. The summed E-state index contributed by atoms with van der Waals surface area (Å²) in [5.74, 6) is 0.669. The first-order chi connectivity index (χ1) is 11.3. The van der Waals surface area contributed by atoms with Crippen molar-refractivity contribution in [2.75, 3.05) is 39.5 Å². The number of hydrogen-bond acceptors (Lipinski definition) is 4. The molecule has 1 amide bonds. The third-order valence-electron chi connectivity index (χ3n) is 3.75. The molecule has 0 bridgehead atoms. The fraction of sp³-hybridized carbons (Fsp3) is 0.875. The number of aliphatic imine (C=N–C) groups is 1. The van der Waals surface area contributed by atoms with Gasteiger partial charge in [-0.15, -0.1) is 24.0 Å². The predicted molar refractivity (Wildman–Crippen MR) is 105 cm³/mol. The van der Waals surface area contributed by atoms with Gasteiger partial charge in [-0.25, -0.2) is 4.99 Å². The lowest BCUT2D eigenvalue weighted by molar-refractivity contribution is -0.119. The van der Waals surface area contributed by atoms with Gasteiger partial charge < -0.3 is 25.4 Å². The van der Waals surface area contributed by atoms with Crippen molar-refractivity contribution in [3.05, 3.63) is 0 Å². The van der Waals surface area contributed by atoms with Crippen LogP contribution in [0.3, 0.4) is 0 Å². The largest absolute Gasteiger partial charge is 0.379 e. The average molecular weight is 454 g/mol. The highest BCUT2D eigenvalue weighted by Gasteiger charge is 2.22. The van der Waals surface area contributed by atoms with E-state index in [2.05, 4.69) is 20.9 Å². The molecule has 1 aliphatic heterocycles. The summed E-state index contributed by atoms with van der Waals surface area (Å²) in [5, 5.41) is 9.29. The molecular weight excluding hydrogens is 423 g/mol. The number of nitrogens with zero attached hydrogens (tertiary/aromatic N) is 1. The van der Waals surface area contributed by atoms with Gasteiger partial charge in [-0.05, 0) is 39.0 Å². The molecule has 1 saturated heterocycles. The van der Waals surface area contributed by atoms with Crippen molar-refractivity contribution in [3.8, 4) is 0 Å². The number of nitrogens with one attached hydrogen (secondary N) is 3. The number of halogens is 1. The Balaban J connectivity index is 0.00000288. The Morgan fingerprint density at radius 3 is 2.79 bits per heavy atom. The van der Waals surface area contributed by atoms with Gasteiger partial charge in [0.05, 0.1) is 12.7 Å². The molecule has 0 spiro atoms. The minimum absolute atomic E-state index is 0. The van der Waals surface area contributed by atoms with Crippen molar-refractivity contribution < 1.29 is 14.3 Å². The summed E-state index contributed by atoms with van der Waals surface area (Å²) in [6, 6.07) is 0.384. The molecule has 1 atom stereocenters. The second kappa shape index (κ2) is 12.7. The number of ether oxygens (including phenoxy) is 2. The van der Waals surface area contributed by atoms with Crippen LogP contribution in [0.25, 0.3) is 0 Å². The summed E-state index contributed by atoms with van der Waals surface area (Å²) in [6.07, 6.45) is 5.63. The Morgan fingerprint density at radius 2 is 2.12 bits per heavy atom. The van der Waals surface area contributed by atoms with Crippen LogP contribution in [0, 0.1) is 0 Å². The quantitative estimate of drug-likeness (QED) is 0.199. The molecule has 2 fully saturated rings. The molecule has 1 aliphatic carbocycles. The number of amides is 1. The first-order valence-corrected chi connectivity index (χ1v) is 8.79. The number of carbonyl (C=O) groups excluding carboxylic acids is 1. The van der Waals surface area contributed by atoms with Crippen LogP contribution in [-0.4, -0.2) is 63.5 Å². The average Bonchev–Trinajstić information content (AvgIpc) is 3.20. The number of guanidine groups is 1. The Labute approximate surface area is 161 Å². The fourth-order valence-electron chi connectivity index (χ4n) is 2.37. The molecule has 3 N–H and O–H groups in total. The van der Waals surface area contributed by atoms with Gasteiger partial charge in [0.1, 0.15) is 6.54 Å². The predicted octanol–water partition coefficient (Wildman–Crippen LogP) is 1.02. The number of hydrogen-bond donors (Lipinski definition) is 3. The van der Waals surface area contributed by atoms with Crippen LogP contribution in [0.5, 0.6) is 0 Å². The van der Waals surface area contributed by atoms with E-state index in [1.807, 2.05) is 6.92 Å². The van der Waals surface area contributed by atoms with Crippen molar-refractivity contribution in [3.63, 3.8) is 0 Å². The maximum absolute atomic E-state index is 11.6. The zero-order valence-electron chi connectivity index (χ0n) is 14.5. The maximum atomic E-state index is 11.6. The van der Waals surface area contributed by atoms with Crippen molar-refractivity contribution in [2.24, 2.45) is 4.99 Å².